The molecule has 4 nitrogen and oxygen atoms in total. The van der Waals surface area contributed by atoms with E-state index < -0.39 is 0 Å². The largest absolute Gasteiger partial charge is 0.384 e. The van der Waals surface area contributed by atoms with Crippen LogP contribution in [0.25, 0.3) is 0 Å². The molecule has 3 rings (SSSR count). The summed E-state index contributed by atoms with van der Waals surface area (Å²) < 4.78 is 5.20. The molecule has 1 spiro atoms. The second kappa shape index (κ2) is 5.19. The highest BCUT2D eigenvalue weighted by Crippen LogP contribution is 2.46. The van der Waals surface area contributed by atoms with Gasteiger partial charge in [-0.3, -0.25) is 10.1 Å². The van der Waals surface area contributed by atoms with E-state index in [9.17, 15) is 4.79 Å². The smallest absolute Gasteiger partial charge is 0.244 e. The van der Waals surface area contributed by atoms with Gasteiger partial charge in [0.25, 0.3) is 0 Å². The first-order valence-corrected chi connectivity index (χ1v) is 7.29. The van der Waals surface area contributed by atoms with Crippen molar-refractivity contribution in [2.75, 3.05) is 20.3 Å². The van der Waals surface area contributed by atoms with Gasteiger partial charge in [0.2, 0.25) is 5.91 Å². The van der Waals surface area contributed by atoms with Crippen molar-refractivity contribution in [2.45, 2.75) is 31.5 Å². The molecule has 4 heteroatoms. The lowest BCUT2D eigenvalue weighted by Gasteiger charge is -2.27. The maximum absolute atomic E-state index is 12.6. The number of ether oxygens (including phenoxy) is 1. The number of benzene rings is 1. The molecule has 1 aromatic carbocycles. The van der Waals surface area contributed by atoms with E-state index in [0.717, 1.165) is 24.9 Å². The topological polar surface area (TPSA) is 41.6 Å². The molecule has 1 saturated carbocycles. The first-order valence-electron chi connectivity index (χ1n) is 7.29. The van der Waals surface area contributed by atoms with Gasteiger partial charge < -0.3 is 9.64 Å². The number of hydrogen-bond acceptors (Lipinski definition) is 3. The summed E-state index contributed by atoms with van der Waals surface area (Å²) in [7, 11) is 1.71. The molecule has 20 heavy (non-hydrogen) atoms. The van der Waals surface area contributed by atoms with Crippen molar-refractivity contribution >= 4 is 5.91 Å². The number of carbonyl (C=O) groups excluding carboxylic acids is 1. The number of nitrogens with zero attached hydrogens (tertiary/aromatic N) is 1. The molecule has 108 valence electrons. The van der Waals surface area contributed by atoms with E-state index in [1.54, 1.807) is 7.11 Å². The monoisotopic (exact) mass is 274 g/mol. The summed E-state index contributed by atoms with van der Waals surface area (Å²) in [6.07, 6.45) is 1.93. The fourth-order valence-corrected chi connectivity index (χ4v) is 3.04. The van der Waals surface area contributed by atoms with Gasteiger partial charge in [0.15, 0.2) is 0 Å². The molecule has 1 heterocycles. The zero-order chi connectivity index (χ0) is 14.2. The Hall–Kier alpha value is -1.39. The predicted molar refractivity (Wildman–Crippen MR) is 77.0 cm³/mol. The Morgan fingerprint density at radius 1 is 1.40 bits per heavy atom. The van der Waals surface area contributed by atoms with Gasteiger partial charge in [0, 0.05) is 13.7 Å². The molecule has 0 bridgehead atoms. The molecule has 1 amide bonds. The minimum Gasteiger partial charge on any atom is -0.384 e. The minimum absolute atomic E-state index is 0.00510. The first-order chi connectivity index (χ1) is 9.66. The molecule has 2 aliphatic rings. The molecule has 0 aromatic heterocycles. The van der Waals surface area contributed by atoms with Crippen LogP contribution in [0, 0.1) is 5.92 Å². The van der Waals surface area contributed by atoms with Crippen molar-refractivity contribution in [2.24, 2.45) is 5.92 Å². The lowest BCUT2D eigenvalue weighted by Crippen LogP contribution is -2.36. The third-order valence-electron chi connectivity index (χ3n) is 4.22. The fourth-order valence-electron chi connectivity index (χ4n) is 3.04. The maximum atomic E-state index is 12.6. The molecule has 0 radical (unpaired) electrons. The normalized spacial score (nSPS) is 25.2. The average Bonchev–Trinajstić information content (AvgIpc) is 3.19. The van der Waals surface area contributed by atoms with Crippen LogP contribution >= 0.6 is 0 Å². The standard InChI is InChI=1S/C16H22N2O2/c1-12(11-20-2)10-18-14(13-6-4-3-5-7-13)17-16(8-9-16)15(18)19/h3-7,12,14,17H,8-11H2,1-2H3. The van der Waals surface area contributed by atoms with Crippen LogP contribution in [0.2, 0.25) is 0 Å². The summed E-state index contributed by atoms with van der Waals surface area (Å²) >= 11 is 0. The maximum Gasteiger partial charge on any atom is 0.244 e. The van der Waals surface area contributed by atoms with Gasteiger partial charge >= 0.3 is 0 Å². The molecule has 1 aliphatic heterocycles. The van der Waals surface area contributed by atoms with Crippen molar-refractivity contribution in [3.05, 3.63) is 35.9 Å². The highest BCUT2D eigenvalue weighted by molar-refractivity contribution is 5.92. The molecule has 1 saturated heterocycles. The summed E-state index contributed by atoms with van der Waals surface area (Å²) in [4.78, 5) is 14.6. The summed E-state index contributed by atoms with van der Waals surface area (Å²) in [6.45, 7) is 3.54. The zero-order valence-corrected chi connectivity index (χ0v) is 12.1. The number of rotatable bonds is 5. The van der Waals surface area contributed by atoms with Crippen LogP contribution in [0.3, 0.4) is 0 Å². The van der Waals surface area contributed by atoms with Gasteiger partial charge in [0.1, 0.15) is 11.7 Å². The van der Waals surface area contributed by atoms with E-state index in [1.165, 1.54) is 0 Å². The van der Waals surface area contributed by atoms with Crippen LogP contribution in [-0.2, 0) is 9.53 Å². The Labute approximate surface area is 120 Å². The van der Waals surface area contributed by atoms with E-state index in [1.807, 2.05) is 23.1 Å². The van der Waals surface area contributed by atoms with Crippen LogP contribution in [-0.4, -0.2) is 36.6 Å². The lowest BCUT2D eigenvalue weighted by molar-refractivity contribution is -0.131. The number of hydrogen-bond donors (Lipinski definition) is 1. The van der Waals surface area contributed by atoms with Crippen molar-refractivity contribution in [3.8, 4) is 0 Å². The highest BCUT2D eigenvalue weighted by atomic mass is 16.5. The van der Waals surface area contributed by atoms with Crippen LogP contribution in [0.5, 0.6) is 0 Å². The molecule has 1 aromatic rings. The quantitative estimate of drug-likeness (QED) is 0.892. The lowest BCUT2D eigenvalue weighted by atomic mass is 10.1. The van der Waals surface area contributed by atoms with Crippen LogP contribution < -0.4 is 5.32 Å². The Morgan fingerprint density at radius 2 is 2.10 bits per heavy atom. The number of methoxy groups -OCH3 is 1. The Balaban J connectivity index is 1.81. The van der Waals surface area contributed by atoms with Crippen LogP contribution in [0.1, 0.15) is 31.5 Å². The molecular weight excluding hydrogens is 252 g/mol. The third-order valence-corrected chi connectivity index (χ3v) is 4.22. The highest BCUT2D eigenvalue weighted by Gasteiger charge is 2.59. The van der Waals surface area contributed by atoms with E-state index in [2.05, 4.69) is 24.4 Å². The summed E-state index contributed by atoms with van der Waals surface area (Å²) in [6, 6.07) is 10.2. The van der Waals surface area contributed by atoms with Gasteiger partial charge in [-0.1, -0.05) is 37.3 Å². The Bertz CT molecular complexity index is 485. The SMILES string of the molecule is COCC(C)CN1C(=O)C2(CC2)NC1c1ccccc1. The molecule has 1 aliphatic carbocycles. The van der Waals surface area contributed by atoms with Crippen LogP contribution in [0.4, 0.5) is 0 Å². The summed E-state index contributed by atoms with van der Waals surface area (Å²) in [5.41, 5.74) is 0.891. The number of nitrogens with one attached hydrogen (secondary N) is 1. The second-order valence-corrected chi connectivity index (χ2v) is 6.06. The van der Waals surface area contributed by atoms with E-state index in [4.69, 9.17) is 4.74 Å². The van der Waals surface area contributed by atoms with Gasteiger partial charge in [0.05, 0.1) is 6.61 Å². The van der Waals surface area contributed by atoms with Crippen molar-refractivity contribution in [1.82, 2.24) is 10.2 Å². The van der Waals surface area contributed by atoms with Gasteiger partial charge in [-0.2, -0.15) is 0 Å². The first kappa shape index (κ1) is 13.6. The second-order valence-electron chi connectivity index (χ2n) is 6.06. The van der Waals surface area contributed by atoms with Crippen molar-refractivity contribution in [1.29, 1.82) is 0 Å². The van der Waals surface area contributed by atoms with E-state index >= 15 is 0 Å². The number of carbonyl (C=O) groups is 1. The van der Waals surface area contributed by atoms with Crippen molar-refractivity contribution < 1.29 is 9.53 Å². The van der Waals surface area contributed by atoms with Crippen molar-refractivity contribution in [3.63, 3.8) is 0 Å². The Morgan fingerprint density at radius 3 is 2.70 bits per heavy atom. The molecule has 1 N–H and O–H groups in total. The van der Waals surface area contributed by atoms with Gasteiger partial charge in [-0.05, 0) is 24.3 Å². The molecule has 2 atom stereocenters. The minimum atomic E-state index is -0.271. The summed E-state index contributed by atoms with van der Waals surface area (Å²) in [5.74, 6) is 0.597. The van der Waals surface area contributed by atoms with Gasteiger partial charge in [-0.15, -0.1) is 0 Å². The molecule has 2 fully saturated rings. The Kier molecular flexibility index (Phi) is 3.52. The average molecular weight is 274 g/mol. The summed E-state index contributed by atoms with van der Waals surface area (Å²) in [5, 5.41) is 3.54. The molecule has 2 unspecified atom stereocenters. The third kappa shape index (κ3) is 2.34. The van der Waals surface area contributed by atoms with Gasteiger partial charge in [-0.25, -0.2) is 0 Å². The fraction of sp³-hybridized carbons (Fsp3) is 0.562. The zero-order valence-electron chi connectivity index (χ0n) is 12.1. The molecular formula is C16H22N2O2. The predicted octanol–water partition coefficient (Wildman–Crippen LogP) is 1.93. The number of amides is 1. The van der Waals surface area contributed by atoms with E-state index in [0.29, 0.717) is 12.5 Å². The van der Waals surface area contributed by atoms with Crippen LogP contribution in [0.15, 0.2) is 30.3 Å². The van der Waals surface area contributed by atoms with E-state index in [-0.39, 0.29) is 17.6 Å².